The van der Waals surface area contributed by atoms with Crippen LogP contribution in [-0.4, -0.2) is 41.4 Å². The van der Waals surface area contributed by atoms with Crippen LogP contribution in [0.5, 0.6) is 0 Å². The highest BCUT2D eigenvalue weighted by atomic mass is 16.6. The van der Waals surface area contributed by atoms with Gasteiger partial charge in [-0.05, 0) is 26.0 Å². The maximum Gasteiger partial charge on any atom is 0.272 e. The van der Waals surface area contributed by atoms with Crippen LogP contribution in [0.2, 0.25) is 0 Å². The van der Waals surface area contributed by atoms with E-state index in [2.05, 4.69) is 5.32 Å². The molecule has 6 heteroatoms. The number of amides is 1. The average Bonchev–Trinajstić information content (AvgIpc) is 2.38. The summed E-state index contributed by atoms with van der Waals surface area (Å²) in [5.74, 6) is -0.0630. The van der Waals surface area contributed by atoms with Gasteiger partial charge >= 0.3 is 0 Å². The van der Waals surface area contributed by atoms with E-state index in [0.717, 1.165) is 13.1 Å². The van der Waals surface area contributed by atoms with Crippen molar-refractivity contribution in [1.29, 1.82) is 0 Å². The third-order valence-corrected chi connectivity index (χ3v) is 3.40. The third kappa shape index (κ3) is 2.73. The summed E-state index contributed by atoms with van der Waals surface area (Å²) in [5.41, 5.74) is 1.07. The second-order valence-corrected chi connectivity index (χ2v) is 4.81. The molecule has 0 saturated carbocycles. The fourth-order valence-electron chi connectivity index (χ4n) is 2.30. The Hall–Kier alpha value is -1.95. The number of nitrogens with zero attached hydrogens (tertiary/aromatic N) is 2. The van der Waals surface area contributed by atoms with Crippen molar-refractivity contribution in [3.05, 3.63) is 39.4 Å². The molecule has 6 nitrogen and oxygen atoms in total. The third-order valence-electron chi connectivity index (χ3n) is 3.40. The number of hydrogen-bond donors (Lipinski definition) is 1. The Morgan fingerprint density at radius 1 is 1.53 bits per heavy atom. The highest BCUT2D eigenvalue weighted by Crippen LogP contribution is 2.20. The zero-order valence-electron chi connectivity index (χ0n) is 11.0. The molecular formula is C13H17N3O3. The average molecular weight is 263 g/mol. The van der Waals surface area contributed by atoms with Crippen LogP contribution in [0, 0.1) is 17.0 Å². The van der Waals surface area contributed by atoms with Crippen molar-refractivity contribution in [2.75, 3.05) is 19.6 Å². The number of benzene rings is 1. The molecule has 1 unspecified atom stereocenters. The van der Waals surface area contributed by atoms with Crippen LogP contribution < -0.4 is 5.32 Å². The molecule has 0 aromatic heterocycles. The Kier molecular flexibility index (Phi) is 3.80. The quantitative estimate of drug-likeness (QED) is 0.645. The fourth-order valence-corrected chi connectivity index (χ4v) is 2.30. The molecule has 1 saturated heterocycles. The number of nitro groups is 1. The van der Waals surface area contributed by atoms with Gasteiger partial charge in [-0.15, -0.1) is 0 Å². The molecule has 1 aliphatic heterocycles. The van der Waals surface area contributed by atoms with E-state index in [1.165, 1.54) is 12.1 Å². The number of piperazine rings is 1. The smallest absolute Gasteiger partial charge is 0.272 e. The van der Waals surface area contributed by atoms with Gasteiger partial charge in [0, 0.05) is 42.9 Å². The standard InChI is InChI=1S/C13H17N3O3/c1-9-7-11(3-4-12(9)16(18)19)13(17)15-6-5-14-8-10(15)2/h3-4,7,10,14H,5-6,8H2,1-2H3. The second-order valence-electron chi connectivity index (χ2n) is 4.81. The lowest BCUT2D eigenvalue weighted by Crippen LogP contribution is -2.52. The molecule has 1 aliphatic rings. The molecule has 1 heterocycles. The van der Waals surface area contributed by atoms with Gasteiger partial charge < -0.3 is 10.2 Å². The van der Waals surface area contributed by atoms with Crippen molar-refractivity contribution in [1.82, 2.24) is 10.2 Å². The topological polar surface area (TPSA) is 75.5 Å². The molecule has 0 spiro atoms. The molecule has 0 aliphatic carbocycles. The first-order chi connectivity index (χ1) is 9.00. The van der Waals surface area contributed by atoms with Crippen molar-refractivity contribution in [2.45, 2.75) is 19.9 Å². The second kappa shape index (κ2) is 5.36. The van der Waals surface area contributed by atoms with E-state index in [-0.39, 0.29) is 17.6 Å². The summed E-state index contributed by atoms with van der Waals surface area (Å²) in [6.45, 7) is 5.86. The van der Waals surface area contributed by atoms with Gasteiger partial charge in [0.2, 0.25) is 0 Å². The van der Waals surface area contributed by atoms with Crippen molar-refractivity contribution < 1.29 is 9.72 Å². The highest BCUT2D eigenvalue weighted by molar-refractivity contribution is 5.95. The molecule has 102 valence electrons. The Bertz CT molecular complexity index is 516. The molecule has 2 rings (SSSR count). The number of nitrogens with one attached hydrogen (secondary N) is 1. The Morgan fingerprint density at radius 2 is 2.26 bits per heavy atom. The zero-order chi connectivity index (χ0) is 14.0. The number of carbonyl (C=O) groups excluding carboxylic acids is 1. The van der Waals surface area contributed by atoms with E-state index in [4.69, 9.17) is 0 Å². The summed E-state index contributed by atoms with van der Waals surface area (Å²) in [5, 5.41) is 14.0. The summed E-state index contributed by atoms with van der Waals surface area (Å²) < 4.78 is 0. The molecule has 1 atom stereocenters. The Balaban J connectivity index is 2.24. The SMILES string of the molecule is Cc1cc(C(=O)N2CCNCC2C)ccc1[N+](=O)[O-]. The van der Waals surface area contributed by atoms with Gasteiger partial charge in [0.15, 0.2) is 0 Å². The number of carbonyl (C=O) groups is 1. The Labute approximate surface area is 111 Å². The first-order valence-corrected chi connectivity index (χ1v) is 6.27. The number of hydrogen-bond acceptors (Lipinski definition) is 4. The van der Waals surface area contributed by atoms with E-state index >= 15 is 0 Å². The lowest BCUT2D eigenvalue weighted by atomic mass is 10.1. The van der Waals surface area contributed by atoms with Gasteiger partial charge in [-0.1, -0.05) is 0 Å². The van der Waals surface area contributed by atoms with E-state index in [1.807, 2.05) is 6.92 Å². The summed E-state index contributed by atoms with van der Waals surface area (Å²) >= 11 is 0. The molecule has 0 bridgehead atoms. The van der Waals surface area contributed by atoms with Crippen molar-refractivity contribution in [3.63, 3.8) is 0 Å². The van der Waals surface area contributed by atoms with E-state index in [0.29, 0.717) is 17.7 Å². The van der Waals surface area contributed by atoms with Gasteiger partial charge in [0.1, 0.15) is 0 Å². The van der Waals surface area contributed by atoms with E-state index in [1.54, 1.807) is 17.9 Å². The van der Waals surface area contributed by atoms with Crippen molar-refractivity contribution in [3.8, 4) is 0 Å². The summed E-state index contributed by atoms with van der Waals surface area (Å²) in [6, 6.07) is 4.66. The Morgan fingerprint density at radius 3 is 2.84 bits per heavy atom. The van der Waals surface area contributed by atoms with Crippen LogP contribution in [0.4, 0.5) is 5.69 Å². The zero-order valence-corrected chi connectivity index (χ0v) is 11.0. The van der Waals surface area contributed by atoms with Crippen molar-refractivity contribution in [2.24, 2.45) is 0 Å². The molecule has 0 radical (unpaired) electrons. The summed E-state index contributed by atoms with van der Waals surface area (Å²) in [7, 11) is 0. The normalized spacial score (nSPS) is 19.3. The van der Waals surface area contributed by atoms with Gasteiger partial charge in [-0.25, -0.2) is 0 Å². The van der Waals surface area contributed by atoms with Crippen LogP contribution in [0.15, 0.2) is 18.2 Å². The maximum atomic E-state index is 12.4. The molecule has 1 aromatic carbocycles. The van der Waals surface area contributed by atoms with Crippen LogP contribution in [0.1, 0.15) is 22.8 Å². The summed E-state index contributed by atoms with van der Waals surface area (Å²) in [6.07, 6.45) is 0. The predicted octanol–water partition coefficient (Wildman–Crippen LogP) is 1.34. The monoisotopic (exact) mass is 263 g/mol. The van der Waals surface area contributed by atoms with Gasteiger partial charge in [-0.3, -0.25) is 14.9 Å². The molecule has 1 fully saturated rings. The molecule has 1 N–H and O–H groups in total. The predicted molar refractivity (Wildman–Crippen MR) is 71.2 cm³/mol. The van der Waals surface area contributed by atoms with E-state index in [9.17, 15) is 14.9 Å². The van der Waals surface area contributed by atoms with E-state index < -0.39 is 4.92 Å². The highest BCUT2D eigenvalue weighted by Gasteiger charge is 2.24. The molecule has 19 heavy (non-hydrogen) atoms. The number of nitro benzene ring substituents is 1. The first kappa shape index (κ1) is 13.5. The summed E-state index contributed by atoms with van der Waals surface area (Å²) in [4.78, 5) is 24.5. The lowest BCUT2D eigenvalue weighted by Gasteiger charge is -2.34. The van der Waals surface area contributed by atoms with Gasteiger partial charge in [0.25, 0.3) is 11.6 Å². The fraction of sp³-hybridized carbons (Fsp3) is 0.462. The van der Waals surface area contributed by atoms with Gasteiger partial charge in [-0.2, -0.15) is 0 Å². The minimum absolute atomic E-state index is 0.0462. The van der Waals surface area contributed by atoms with Crippen LogP contribution in [-0.2, 0) is 0 Å². The maximum absolute atomic E-state index is 12.4. The molecule has 1 amide bonds. The van der Waals surface area contributed by atoms with Crippen LogP contribution in [0.25, 0.3) is 0 Å². The van der Waals surface area contributed by atoms with Gasteiger partial charge in [0.05, 0.1) is 4.92 Å². The first-order valence-electron chi connectivity index (χ1n) is 6.27. The number of rotatable bonds is 2. The van der Waals surface area contributed by atoms with Crippen LogP contribution >= 0.6 is 0 Å². The minimum atomic E-state index is -0.434. The van der Waals surface area contributed by atoms with Crippen molar-refractivity contribution >= 4 is 11.6 Å². The minimum Gasteiger partial charge on any atom is -0.333 e. The van der Waals surface area contributed by atoms with Crippen LogP contribution in [0.3, 0.4) is 0 Å². The number of aryl methyl sites for hydroxylation is 1. The lowest BCUT2D eigenvalue weighted by molar-refractivity contribution is -0.385. The largest absolute Gasteiger partial charge is 0.333 e. The molecular weight excluding hydrogens is 246 g/mol. The molecule has 1 aromatic rings.